The highest BCUT2D eigenvalue weighted by atomic mass is 16.3. The van der Waals surface area contributed by atoms with Gasteiger partial charge in [-0.1, -0.05) is 50.5 Å². The minimum atomic E-state index is -0.508. The van der Waals surface area contributed by atoms with E-state index < -0.39 is 5.54 Å². The molecule has 0 unspecified atom stereocenters. The van der Waals surface area contributed by atoms with Crippen LogP contribution >= 0.6 is 0 Å². The molecule has 1 amide bonds. The number of carbonyl (C=O) groups excluding carboxylic acids is 1. The SMILES string of the molecule is CCCCC1=NC2(CCCC2)C(=O)N1Cc1ccc(-c2cc(O)ccc2C#N)cc1. The van der Waals surface area contributed by atoms with Crippen LogP contribution in [0.2, 0.25) is 0 Å². The Morgan fingerprint density at radius 3 is 2.57 bits per heavy atom. The second-order valence-electron chi connectivity index (χ2n) is 8.30. The maximum absolute atomic E-state index is 13.3. The van der Waals surface area contributed by atoms with E-state index in [1.807, 2.05) is 29.2 Å². The normalized spacial score (nSPS) is 17.4. The van der Waals surface area contributed by atoms with Gasteiger partial charge in [0.15, 0.2) is 0 Å². The number of hydrogen-bond donors (Lipinski definition) is 1. The lowest BCUT2D eigenvalue weighted by Gasteiger charge is -2.23. The van der Waals surface area contributed by atoms with Crippen molar-refractivity contribution in [1.29, 1.82) is 5.26 Å². The summed E-state index contributed by atoms with van der Waals surface area (Å²) in [7, 11) is 0. The molecule has 2 aromatic rings. The number of aromatic hydroxyl groups is 1. The van der Waals surface area contributed by atoms with Gasteiger partial charge in [-0.3, -0.25) is 14.7 Å². The van der Waals surface area contributed by atoms with Crippen molar-refractivity contribution in [2.75, 3.05) is 0 Å². The van der Waals surface area contributed by atoms with Crippen LogP contribution in [-0.2, 0) is 11.3 Å². The van der Waals surface area contributed by atoms with Crippen molar-refractivity contribution in [3.63, 3.8) is 0 Å². The molecule has 1 N–H and O–H groups in total. The first-order valence-corrected chi connectivity index (χ1v) is 10.8. The third-order valence-electron chi connectivity index (χ3n) is 6.21. The van der Waals surface area contributed by atoms with Crippen LogP contribution in [0.15, 0.2) is 47.5 Å². The number of hydrogen-bond acceptors (Lipinski definition) is 4. The molecule has 2 aromatic carbocycles. The molecule has 0 aromatic heterocycles. The molecule has 1 heterocycles. The number of carbonyl (C=O) groups is 1. The Bertz CT molecular complexity index is 1010. The Labute approximate surface area is 177 Å². The lowest BCUT2D eigenvalue weighted by molar-refractivity contribution is -0.131. The minimum Gasteiger partial charge on any atom is -0.508 e. The Balaban J connectivity index is 1.57. The molecular formula is C25H27N3O2. The van der Waals surface area contributed by atoms with Crippen molar-refractivity contribution in [2.45, 2.75) is 64.0 Å². The molecule has 0 bridgehead atoms. The molecule has 4 rings (SSSR count). The van der Waals surface area contributed by atoms with Gasteiger partial charge in [0.2, 0.25) is 0 Å². The molecule has 30 heavy (non-hydrogen) atoms. The van der Waals surface area contributed by atoms with E-state index >= 15 is 0 Å². The third-order valence-corrected chi connectivity index (χ3v) is 6.21. The first-order chi connectivity index (χ1) is 14.6. The molecule has 1 fully saturated rings. The Morgan fingerprint density at radius 2 is 1.90 bits per heavy atom. The van der Waals surface area contributed by atoms with E-state index in [9.17, 15) is 15.2 Å². The average molecular weight is 402 g/mol. The highest BCUT2D eigenvalue weighted by molar-refractivity contribution is 6.08. The van der Waals surface area contributed by atoms with E-state index in [2.05, 4.69) is 13.0 Å². The molecule has 154 valence electrons. The van der Waals surface area contributed by atoms with E-state index in [0.29, 0.717) is 17.7 Å². The second-order valence-corrected chi connectivity index (χ2v) is 8.30. The van der Waals surface area contributed by atoms with Crippen LogP contribution in [0.3, 0.4) is 0 Å². The van der Waals surface area contributed by atoms with Gasteiger partial charge in [0.05, 0.1) is 18.2 Å². The van der Waals surface area contributed by atoms with Gasteiger partial charge in [-0.15, -0.1) is 0 Å². The standard InChI is InChI=1S/C25H27N3O2/c1-2-3-6-23-27-25(13-4-5-14-25)24(30)28(23)17-18-7-9-19(10-8-18)22-15-21(29)12-11-20(22)16-26/h7-12,15,29H,2-6,13-14,17H2,1H3. The van der Waals surface area contributed by atoms with Crippen molar-refractivity contribution in [1.82, 2.24) is 4.90 Å². The van der Waals surface area contributed by atoms with Crippen LogP contribution in [0.1, 0.15) is 63.0 Å². The summed E-state index contributed by atoms with van der Waals surface area (Å²) in [5, 5.41) is 19.2. The van der Waals surface area contributed by atoms with Gasteiger partial charge in [-0.05, 0) is 48.6 Å². The summed E-state index contributed by atoms with van der Waals surface area (Å²) in [4.78, 5) is 20.1. The predicted octanol–water partition coefficient (Wildman–Crippen LogP) is 5.17. The van der Waals surface area contributed by atoms with Crippen molar-refractivity contribution in [3.05, 3.63) is 53.6 Å². The van der Waals surface area contributed by atoms with Crippen LogP contribution in [0, 0.1) is 11.3 Å². The molecule has 0 radical (unpaired) electrons. The fraction of sp³-hybridized carbons (Fsp3) is 0.400. The van der Waals surface area contributed by atoms with Gasteiger partial charge < -0.3 is 5.11 Å². The summed E-state index contributed by atoms with van der Waals surface area (Å²) in [6.45, 7) is 2.68. The first kappa shape index (κ1) is 20.2. The van der Waals surface area contributed by atoms with Gasteiger partial charge in [0.25, 0.3) is 5.91 Å². The first-order valence-electron chi connectivity index (χ1n) is 10.8. The molecular weight excluding hydrogens is 374 g/mol. The van der Waals surface area contributed by atoms with Crippen LogP contribution in [0.5, 0.6) is 5.75 Å². The Hall–Kier alpha value is -3.13. The number of nitriles is 1. The fourth-order valence-corrected chi connectivity index (χ4v) is 4.54. The summed E-state index contributed by atoms with van der Waals surface area (Å²) in [6, 6.07) is 14.8. The van der Waals surface area contributed by atoms with E-state index in [0.717, 1.165) is 61.9 Å². The summed E-state index contributed by atoms with van der Waals surface area (Å²) in [5.74, 6) is 1.23. The molecule has 1 aliphatic carbocycles. The number of phenolic OH excluding ortho intramolecular Hbond substituents is 1. The number of unbranched alkanes of at least 4 members (excludes halogenated alkanes) is 1. The highest BCUT2D eigenvalue weighted by Gasteiger charge is 2.49. The molecule has 0 saturated heterocycles. The van der Waals surface area contributed by atoms with E-state index in [1.54, 1.807) is 12.1 Å². The van der Waals surface area contributed by atoms with Gasteiger partial charge >= 0.3 is 0 Å². The summed E-state index contributed by atoms with van der Waals surface area (Å²) in [6.07, 6.45) is 6.83. The van der Waals surface area contributed by atoms with Gasteiger partial charge in [-0.2, -0.15) is 5.26 Å². The lowest BCUT2D eigenvalue weighted by Crippen LogP contribution is -2.40. The predicted molar refractivity (Wildman–Crippen MR) is 117 cm³/mol. The summed E-state index contributed by atoms with van der Waals surface area (Å²) >= 11 is 0. The van der Waals surface area contributed by atoms with Gasteiger partial charge in [0.1, 0.15) is 17.1 Å². The van der Waals surface area contributed by atoms with E-state index in [1.165, 1.54) is 6.07 Å². The maximum Gasteiger partial charge on any atom is 0.256 e. The number of aliphatic imine (C=N–C) groups is 1. The smallest absolute Gasteiger partial charge is 0.256 e. The van der Waals surface area contributed by atoms with Crippen molar-refractivity contribution < 1.29 is 9.90 Å². The highest BCUT2D eigenvalue weighted by Crippen LogP contribution is 2.40. The number of amides is 1. The van der Waals surface area contributed by atoms with Crippen molar-refractivity contribution in [3.8, 4) is 22.9 Å². The van der Waals surface area contributed by atoms with Gasteiger partial charge in [0, 0.05) is 12.0 Å². The number of phenols is 1. The monoisotopic (exact) mass is 401 g/mol. The minimum absolute atomic E-state index is 0.134. The number of amidine groups is 1. The molecule has 1 spiro atoms. The number of benzene rings is 2. The maximum atomic E-state index is 13.3. The lowest BCUT2D eigenvalue weighted by atomic mass is 9.97. The summed E-state index contributed by atoms with van der Waals surface area (Å²) in [5.41, 5.74) is 2.62. The van der Waals surface area contributed by atoms with Crippen molar-refractivity contribution in [2.24, 2.45) is 4.99 Å². The van der Waals surface area contributed by atoms with Crippen LogP contribution < -0.4 is 0 Å². The van der Waals surface area contributed by atoms with Crippen LogP contribution in [-0.4, -0.2) is 27.3 Å². The Morgan fingerprint density at radius 1 is 1.17 bits per heavy atom. The second kappa shape index (κ2) is 8.31. The molecule has 2 aliphatic rings. The van der Waals surface area contributed by atoms with E-state index in [4.69, 9.17) is 4.99 Å². The third kappa shape index (κ3) is 3.70. The van der Waals surface area contributed by atoms with Crippen molar-refractivity contribution >= 4 is 11.7 Å². The topological polar surface area (TPSA) is 76.7 Å². The quantitative estimate of drug-likeness (QED) is 0.725. The average Bonchev–Trinajstić information content (AvgIpc) is 3.33. The van der Waals surface area contributed by atoms with Crippen LogP contribution in [0.25, 0.3) is 11.1 Å². The zero-order chi connectivity index (χ0) is 21.1. The van der Waals surface area contributed by atoms with E-state index in [-0.39, 0.29) is 11.7 Å². The van der Waals surface area contributed by atoms with Gasteiger partial charge in [-0.25, -0.2) is 0 Å². The fourth-order valence-electron chi connectivity index (χ4n) is 4.54. The number of nitrogens with zero attached hydrogens (tertiary/aromatic N) is 3. The zero-order valence-electron chi connectivity index (χ0n) is 17.4. The largest absolute Gasteiger partial charge is 0.508 e. The Kier molecular flexibility index (Phi) is 5.59. The molecule has 1 saturated carbocycles. The number of rotatable bonds is 6. The molecule has 1 aliphatic heterocycles. The molecule has 5 nitrogen and oxygen atoms in total. The molecule has 5 heteroatoms. The summed E-state index contributed by atoms with van der Waals surface area (Å²) < 4.78 is 0. The zero-order valence-corrected chi connectivity index (χ0v) is 17.4. The van der Waals surface area contributed by atoms with Crippen LogP contribution in [0.4, 0.5) is 0 Å². The molecule has 0 atom stereocenters.